The number of likely N-dealkylation sites (tertiary alicyclic amines) is 1. The highest BCUT2D eigenvalue weighted by Gasteiger charge is 2.36. The SMILES string of the molecule is CC(=O)N1CCN([C@@H]2CN(Cc3nc(C4CC4)no3)C[C@@H]2C)CC1. The van der Waals surface area contributed by atoms with Crippen molar-refractivity contribution in [3.8, 4) is 0 Å². The Morgan fingerprint density at radius 3 is 2.62 bits per heavy atom. The van der Waals surface area contributed by atoms with Crippen LogP contribution in [-0.4, -0.2) is 76.1 Å². The van der Waals surface area contributed by atoms with Gasteiger partial charge >= 0.3 is 0 Å². The van der Waals surface area contributed by atoms with Crippen LogP contribution in [0.4, 0.5) is 0 Å². The number of hydrogen-bond acceptors (Lipinski definition) is 6. The molecule has 1 amide bonds. The lowest BCUT2D eigenvalue weighted by Crippen LogP contribution is -2.53. The molecule has 1 aromatic heterocycles. The zero-order valence-corrected chi connectivity index (χ0v) is 14.6. The third-order valence-corrected chi connectivity index (χ3v) is 5.66. The molecule has 1 aromatic rings. The average molecular weight is 333 g/mol. The van der Waals surface area contributed by atoms with Gasteiger partial charge in [-0.2, -0.15) is 4.98 Å². The minimum Gasteiger partial charge on any atom is -0.340 e. The van der Waals surface area contributed by atoms with Gasteiger partial charge in [-0.15, -0.1) is 0 Å². The lowest BCUT2D eigenvalue weighted by Gasteiger charge is -2.39. The molecule has 2 saturated heterocycles. The van der Waals surface area contributed by atoms with Crippen LogP contribution in [0.2, 0.25) is 0 Å². The Morgan fingerprint density at radius 2 is 1.96 bits per heavy atom. The molecule has 132 valence electrons. The van der Waals surface area contributed by atoms with Crippen molar-refractivity contribution in [2.45, 2.75) is 45.2 Å². The van der Waals surface area contributed by atoms with E-state index in [1.54, 1.807) is 6.92 Å². The maximum atomic E-state index is 11.5. The van der Waals surface area contributed by atoms with E-state index in [0.717, 1.165) is 57.5 Å². The molecular weight excluding hydrogens is 306 g/mol. The molecule has 0 radical (unpaired) electrons. The van der Waals surface area contributed by atoms with Gasteiger partial charge in [0, 0.05) is 58.2 Å². The topological polar surface area (TPSA) is 65.7 Å². The molecular formula is C17H27N5O2. The monoisotopic (exact) mass is 333 g/mol. The maximum Gasteiger partial charge on any atom is 0.240 e. The molecule has 0 aromatic carbocycles. The summed E-state index contributed by atoms with van der Waals surface area (Å²) in [4.78, 5) is 23.0. The average Bonchev–Trinajstić information content (AvgIpc) is 3.21. The minimum atomic E-state index is 0.193. The van der Waals surface area contributed by atoms with Crippen LogP contribution in [-0.2, 0) is 11.3 Å². The van der Waals surface area contributed by atoms with Gasteiger partial charge in [0.2, 0.25) is 11.8 Å². The normalized spacial score (nSPS) is 29.3. The van der Waals surface area contributed by atoms with Crippen LogP contribution in [0.3, 0.4) is 0 Å². The Bertz CT molecular complexity index is 592. The molecule has 1 aliphatic carbocycles. The molecule has 0 bridgehead atoms. The first-order chi connectivity index (χ1) is 11.6. The first kappa shape index (κ1) is 16.0. The van der Waals surface area contributed by atoms with E-state index in [1.165, 1.54) is 12.8 Å². The summed E-state index contributed by atoms with van der Waals surface area (Å²) >= 11 is 0. The Kier molecular flexibility index (Phi) is 4.30. The second-order valence-corrected chi connectivity index (χ2v) is 7.60. The van der Waals surface area contributed by atoms with Gasteiger partial charge < -0.3 is 9.42 Å². The second-order valence-electron chi connectivity index (χ2n) is 7.60. The van der Waals surface area contributed by atoms with Crippen molar-refractivity contribution in [3.63, 3.8) is 0 Å². The highest BCUT2D eigenvalue weighted by Crippen LogP contribution is 2.38. The van der Waals surface area contributed by atoms with E-state index < -0.39 is 0 Å². The highest BCUT2D eigenvalue weighted by atomic mass is 16.5. The molecule has 3 aliphatic rings. The standard InChI is InChI=1S/C17H27N5O2/c1-12-9-20(11-16-18-17(19-24-16)14-3-4-14)10-15(12)22-7-5-21(6-8-22)13(2)23/h12,14-15H,3-11H2,1-2H3/t12-,15+/m0/s1. The third-order valence-electron chi connectivity index (χ3n) is 5.66. The first-order valence-electron chi connectivity index (χ1n) is 9.14. The smallest absolute Gasteiger partial charge is 0.240 e. The zero-order valence-electron chi connectivity index (χ0n) is 14.6. The van der Waals surface area contributed by atoms with E-state index in [0.29, 0.717) is 17.9 Å². The van der Waals surface area contributed by atoms with E-state index in [2.05, 4.69) is 26.9 Å². The van der Waals surface area contributed by atoms with E-state index in [-0.39, 0.29) is 5.91 Å². The van der Waals surface area contributed by atoms with Gasteiger partial charge in [-0.05, 0) is 18.8 Å². The fraction of sp³-hybridized carbons (Fsp3) is 0.824. The summed E-state index contributed by atoms with van der Waals surface area (Å²) in [5.41, 5.74) is 0. The lowest BCUT2D eigenvalue weighted by molar-refractivity contribution is -0.130. The van der Waals surface area contributed by atoms with Crippen molar-refractivity contribution in [2.24, 2.45) is 5.92 Å². The number of carbonyl (C=O) groups excluding carboxylic acids is 1. The van der Waals surface area contributed by atoms with Gasteiger partial charge in [0.25, 0.3) is 0 Å². The van der Waals surface area contributed by atoms with Crippen LogP contribution < -0.4 is 0 Å². The summed E-state index contributed by atoms with van der Waals surface area (Å²) in [7, 11) is 0. The van der Waals surface area contributed by atoms with Gasteiger partial charge in [0.15, 0.2) is 5.82 Å². The largest absolute Gasteiger partial charge is 0.340 e. The van der Waals surface area contributed by atoms with Gasteiger partial charge in [-0.1, -0.05) is 12.1 Å². The summed E-state index contributed by atoms with van der Waals surface area (Å²) in [5.74, 6) is 3.02. The fourth-order valence-electron chi connectivity index (χ4n) is 4.05. The fourth-order valence-corrected chi connectivity index (χ4v) is 4.05. The van der Waals surface area contributed by atoms with Crippen LogP contribution in [0.1, 0.15) is 44.3 Å². The van der Waals surface area contributed by atoms with Crippen molar-refractivity contribution in [3.05, 3.63) is 11.7 Å². The Labute approximate surface area is 143 Å². The molecule has 0 unspecified atom stereocenters. The third kappa shape index (κ3) is 3.32. The van der Waals surface area contributed by atoms with E-state index in [4.69, 9.17) is 4.52 Å². The molecule has 2 aliphatic heterocycles. The number of nitrogens with zero attached hydrogens (tertiary/aromatic N) is 5. The first-order valence-corrected chi connectivity index (χ1v) is 9.14. The molecule has 4 rings (SSSR count). The predicted molar refractivity (Wildman–Crippen MR) is 88.3 cm³/mol. The molecule has 3 heterocycles. The molecule has 2 atom stereocenters. The van der Waals surface area contributed by atoms with Crippen molar-refractivity contribution < 1.29 is 9.32 Å². The van der Waals surface area contributed by atoms with Crippen molar-refractivity contribution in [1.82, 2.24) is 24.8 Å². The van der Waals surface area contributed by atoms with Crippen LogP contribution in [0.5, 0.6) is 0 Å². The van der Waals surface area contributed by atoms with Gasteiger partial charge in [-0.3, -0.25) is 14.6 Å². The molecule has 1 saturated carbocycles. The number of amides is 1. The quantitative estimate of drug-likeness (QED) is 0.817. The Morgan fingerprint density at radius 1 is 1.21 bits per heavy atom. The van der Waals surface area contributed by atoms with Gasteiger partial charge in [-0.25, -0.2) is 0 Å². The molecule has 0 N–H and O–H groups in total. The van der Waals surface area contributed by atoms with Crippen LogP contribution in [0.15, 0.2) is 4.52 Å². The second kappa shape index (κ2) is 6.44. The number of piperazine rings is 1. The van der Waals surface area contributed by atoms with Gasteiger partial charge in [0.1, 0.15) is 0 Å². The predicted octanol–water partition coefficient (Wildman–Crippen LogP) is 0.931. The van der Waals surface area contributed by atoms with Crippen molar-refractivity contribution in [1.29, 1.82) is 0 Å². The van der Waals surface area contributed by atoms with Gasteiger partial charge in [0.05, 0.1) is 6.54 Å². The zero-order chi connectivity index (χ0) is 16.7. The van der Waals surface area contributed by atoms with E-state index >= 15 is 0 Å². The summed E-state index contributed by atoms with van der Waals surface area (Å²) in [5, 5.41) is 4.11. The number of rotatable bonds is 4. The molecule has 7 nitrogen and oxygen atoms in total. The minimum absolute atomic E-state index is 0.193. The number of carbonyl (C=O) groups is 1. The van der Waals surface area contributed by atoms with E-state index in [9.17, 15) is 4.79 Å². The summed E-state index contributed by atoms with van der Waals surface area (Å²) in [6.45, 7) is 10.5. The summed E-state index contributed by atoms with van der Waals surface area (Å²) in [6, 6.07) is 0.560. The maximum absolute atomic E-state index is 11.5. The molecule has 24 heavy (non-hydrogen) atoms. The lowest BCUT2D eigenvalue weighted by atomic mass is 10.0. The Hall–Kier alpha value is -1.47. The van der Waals surface area contributed by atoms with Crippen molar-refractivity contribution in [2.75, 3.05) is 39.3 Å². The van der Waals surface area contributed by atoms with Crippen LogP contribution in [0.25, 0.3) is 0 Å². The van der Waals surface area contributed by atoms with Crippen LogP contribution in [0, 0.1) is 5.92 Å². The van der Waals surface area contributed by atoms with E-state index in [1.807, 2.05) is 4.90 Å². The summed E-state index contributed by atoms with van der Waals surface area (Å²) in [6.07, 6.45) is 2.40. The van der Waals surface area contributed by atoms with Crippen LogP contribution >= 0.6 is 0 Å². The highest BCUT2D eigenvalue weighted by molar-refractivity contribution is 5.73. The van der Waals surface area contributed by atoms with Crippen molar-refractivity contribution >= 4 is 5.91 Å². The molecule has 7 heteroatoms. The Balaban J connectivity index is 1.31. The number of aromatic nitrogens is 2. The number of hydrogen-bond donors (Lipinski definition) is 0. The molecule has 0 spiro atoms. The molecule has 3 fully saturated rings. The summed E-state index contributed by atoms with van der Waals surface area (Å²) < 4.78 is 5.42.